The van der Waals surface area contributed by atoms with Crippen LogP contribution in [-0.4, -0.2) is 61.4 Å². The van der Waals surface area contributed by atoms with E-state index in [1.807, 2.05) is 12.1 Å². The Hall–Kier alpha value is -5.40. The SMILES string of the molecule is CC(C)(C)OC(=O)N[C@H](C(=O)NCCCCNc1c(NCCCCNC(=O)[C@@H](NC(=O)OC(C)(C)C)c2ccccc2)c(=O)c1=O)c1ccccc1. The van der Waals surface area contributed by atoms with E-state index in [0.29, 0.717) is 63.0 Å². The van der Waals surface area contributed by atoms with Crippen molar-refractivity contribution in [3.8, 4) is 0 Å². The van der Waals surface area contributed by atoms with Crippen molar-refractivity contribution in [3.05, 3.63) is 92.2 Å². The van der Waals surface area contributed by atoms with Crippen LogP contribution in [-0.2, 0) is 19.1 Å². The van der Waals surface area contributed by atoms with Gasteiger partial charge in [0.15, 0.2) is 0 Å². The van der Waals surface area contributed by atoms with E-state index in [2.05, 4.69) is 31.9 Å². The van der Waals surface area contributed by atoms with Gasteiger partial charge in [-0.2, -0.15) is 0 Å². The molecule has 3 aromatic carbocycles. The van der Waals surface area contributed by atoms with Crippen molar-refractivity contribution in [2.24, 2.45) is 0 Å². The molecule has 6 N–H and O–H groups in total. The summed E-state index contributed by atoms with van der Waals surface area (Å²) in [5, 5.41) is 17.0. The molecule has 0 aliphatic heterocycles. The average molecular weight is 721 g/mol. The maximum Gasteiger partial charge on any atom is 0.408 e. The monoisotopic (exact) mass is 720 g/mol. The molecule has 0 radical (unpaired) electrons. The molecule has 0 bridgehead atoms. The highest BCUT2D eigenvalue weighted by Gasteiger charge is 2.27. The van der Waals surface area contributed by atoms with Crippen LogP contribution in [0.25, 0.3) is 0 Å². The van der Waals surface area contributed by atoms with Crippen molar-refractivity contribution in [3.63, 3.8) is 0 Å². The van der Waals surface area contributed by atoms with Crippen molar-refractivity contribution >= 4 is 35.4 Å². The minimum absolute atomic E-state index is 0.229. The van der Waals surface area contributed by atoms with Crippen LogP contribution in [0, 0.1) is 0 Å². The molecule has 14 heteroatoms. The number of benzene rings is 2. The number of amides is 4. The molecular formula is C38H52N6O8. The van der Waals surface area contributed by atoms with Crippen LogP contribution in [0.5, 0.6) is 0 Å². The summed E-state index contributed by atoms with van der Waals surface area (Å²) in [6.45, 7) is 11.9. The standard InChI is InChI=1S/C38H52N6O8/c1-37(2,3)51-35(49)43-27(25-17-9-7-10-18-25)33(47)41-23-15-13-21-39-29-30(32(46)31(29)45)40-22-14-16-24-42-34(48)28(26-19-11-8-12-20-26)44-36(50)52-38(4,5)6/h7-12,17-20,27-28,39-40H,13-16,21-24H2,1-6H3,(H,41,47)(H,42,48)(H,43,49)(H,44,50)/t27-,28-/m0/s1. The summed E-state index contributed by atoms with van der Waals surface area (Å²) in [6, 6.07) is 15.9. The van der Waals surface area contributed by atoms with Crippen molar-refractivity contribution in [1.82, 2.24) is 21.3 Å². The van der Waals surface area contributed by atoms with Crippen molar-refractivity contribution in [2.45, 2.75) is 90.5 Å². The van der Waals surface area contributed by atoms with Gasteiger partial charge in [0.2, 0.25) is 11.8 Å². The van der Waals surface area contributed by atoms with Gasteiger partial charge in [-0.25, -0.2) is 9.59 Å². The average Bonchev–Trinajstić information content (AvgIpc) is 3.08. The van der Waals surface area contributed by atoms with Crippen molar-refractivity contribution < 1.29 is 28.7 Å². The molecule has 0 aromatic heterocycles. The minimum Gasteiger partial charge on any atom is -0.444 e. The van der Waals surface area contributed by atoms with Gasteiger partial charge in [-0.3, -0.25) is 19.2 Å². The fraction of sp³-hybridized carbons (Fsp3) is 0.474. The summed E-state index contributed by atoms with van der Waals surface area (Å²) in [6.07, 6.45) is 0.948. The first-order valence-corrected chi connectivity index (χ1v) is 17.5. The zero-order valence-corrected chi connectivity index (χ0v) is 30.9. The van der Waals surface area contributed by atoms with E-state index in [9.17, 15) is 28.8 Å². The Morgan fingerprint density at radius 3 is 1.19 bits per heavy atom. The number of carbonyl (C=O) groups excluding carboxylic acids is 4. The van der Waals surface area contributed by atoms with Gasteiger partial charge in [-0.1, -0.05) is 60.7 Å². The van der Waals surface area contributed by atoms with Crippen LogP contribution in [0.2, 0.25) is 0 Å². The Bertz CT molecular complexity index is 1570. The van der Waals surface area contributed by atoms with Crippen LogP contribution >= 0.6 is 0 Å². The predicted molar refractivity (Wildman–Crippen MR) is 200 cm³/mol. The molecule has 4 amide bonds. The number of hydrogen-bond donors (Lipinski definition) is 6. The Morgan fingerprint density at radius 1 is 0.538 bits per heavy atom. The van der Waals surface area contributed by atoms with Crippen LogP contribution in [0.1, 0.15) is 90.4 Å². The third-order valence-corrected chi connectivity index (χ3v) is 7.43. The predicted octanol–water partition coefficient (Wildman–Crippen LogP) is 4.43. The lowest BCUT2D eigenvalue weighted by Gasteiger charge is -2.23. The van der Waals surface area contributed by atoms with E-state index >= 15 is 0 Å². The molecular weight excluding hydrogens is 668 g/mol. The summed E-state index contributed by atoms with van der Waals surface area (Å²) in [5.41, 5.74) is -0.938. The number of rotatable bonds is 18. The van der Waals surface area contributed by atoms with Crippen LogP contribution in [0.3, 0.4) is 0 Å². The topological polar surface area (TPSA) is 193 Å². The zero-order chi connectivity index (χ0) is 38.3. The van der Waals surface area contributed by atoms with Crippen LogP contribution in [0.15, 0.2) is 70.3 Å². The molecule has 3 rings (SSSR count). The van der Waals surface area contributed by atoms with E-state index in [-0.39, 0.29) is 23.2 Å². The van der Waals surface area contributed by atoms with Gasteiger partial charge in [0.05, 0.1) is 0 Å². The highest BCUT2D eigenvalue weighted by molar-refractivity contribution is 5.87. The lowest BCUT2D eigenvalue weighted by Crippen LogP contribution is -2.42. The van der Waals surface area contributed by atoms with Crippen LogP contribution < -0.4 is 42.8 Å². The van der Waals surface area contributed by atoms with Gasteiger partial charge in [0, 0.05) is 26.2 Å². The van der Waals surface area contributed by atoms with E-state index in [1.54, 1.807) is 90.1 Å². The molecule has 3 aromatic rings. The van der Waals surface area contributed by atoms with E-state index in [0.717, 1.165) is 0 Å². The first kappa shape index (κ1) is 41.0. The minimum atomic E-state index is -0.935. The first-order chi connectivity index (χ1) is 24.6. The molecule has 0 aliphatic carbocycles. The van der Waals surface area contributed by atoms with Gasteiger partial charge >= 0.3 is 12.2 Å². The number of unbranched alkanes of at least 4 members (excludes halogenated alkanes) is 2. The van der Waals surface area contributed by atoms with Gasteiger partial charge in [0.25, 0.3) is 10.9 Å². The van der Waals surface area contributed by atoms with Gasteiger partial charge in [-0.05, 0) is 78.4 Å². The Morgan fingerprint density at radius 2 is 0.865 bits per heavy atom. The van der Waals surface area contributed by atoms with Crippen LogP contribution in [0.4, 0.5) is 21.0 Å². The maximum absolute atomic E-state index is 13.0. The fourth-order valence-corrected chi connectivity index (χ4v) is 5.03. The molecule has 52 heavy (non-hydrogen) atoms. The molecule has 0 spiro atoms. The third-order valence-electron chi connectivity index (χ3n) is 7.43. The largest absolute Gasteiger partial charge is 0.444 e. The summed E-state index contributed by atoms with van der Waals surface area (Å²) in [4.78, 5) is 75.2. The van der Waals surface area contributed by atoms with Gasteiger partial charge in [0.1, 0.15) is 34.7 Å². The third kappa shape index (κ3) is 13.7. The zero-order valence-electron chi connectivity index (χ0n) is 30.9. The summed E-state index contributed by atoms with van der Waals surface area (Å²) >= 11 is 0. The Labute approximate surface area is 304 Å². The molecule has 14 nitrogen and oxygen atoms in total. The molecule has 0 saturated heterocycles. The fourth-order valence-electron chi connectivity index (χ4n) is 5.03. The highest BCUT2D eigenvalue weighted by atomic mass is 16.6. The molecule has 0 unspecified atom stereocenters. The number of nitrogens with one attached hydrogen (secondary N) is 6. The second-order valence-electron chi connectivity index (χ2n) is 14.2. The smallest absolute Gasteiger partial charge is 0.408 e. The lowest BCUT2D eigenvalue weighted by molar-refractivity contribution is -0.124. The number of ether oxygens (including phenoxy) is 2. The molecule has 282 valence electrons. The molecule has 0 aliphatic rings. The molecule has 0 fully saturated rings. The van der Waals surface area contributed by atoms with E-state index in [4.69, 9.17) is 9.47 Å². The summed E-state index contributed by atoms with van der Waals surface area (Å²) in [7, 11) is 0. The lowest BCUT2D eigenvalue weighted by atomic mass is 10.1. The maximum atomic E-state index is 13.0. The number of carbonyl (C=O) groups is 4. The molecule has 0 heterocycles. The normalized spacial score (nSPS) is 12.6. The second kappa shape index (κ2) is 19.3. The quantitative estimate of drug-likeness (QED) is 0.0809. The summed E-state index contributed by atoms with van der Waals surface area (Å²) < 4.78 is 10.7. The van der Waals surface area contributed by atoms with Crippen molar-refractivity contribution in [1.29, 1.82) is 0 Å². The Balaban J connectivity index is 1.38. The van der Waals surface area contributed by atoms with E-state index in [1.165, 1.54) is 0 Å². The highest BCUT2D eigenvalue weighted by Crippen LogP contribution is 2.18. The number of anilines is 2. The summed E-state index contributed by atoms with van der Waals surface area (Å²) in [5.74, 6) is -0.765. The number of hydrogen-bond acceptors (Lipinski definition) is 10. The molecule has 0 saturated carbocycles. The van der Waals surface area contributed by atoms with Gasteiger partial charge in [-0.15, -0.1) is 0 Å². The van der Waals surface area contributed by atoms with E-state index < -0.39 is 46.3 Å². The van der Waals surface area contributed by atoms with Gasteiger partial charge < -0.3 is 41.4 Å². The number of alkyl carbamates (subject to hydrolysis) is 2. The second-order valence-corrected chi connectivity index (χ2v) is 14.2. The first-order valence-electron chi connectivity index (χ1n) is 17.5. The Kier molecular flexibility index (Phi) is 15.2. The van der Waals surface area contributed by atoms with Crippen molar-refractivity contribution in [2.75, 3.05) is 36.8 Å². The molecule has 2 atom stereocenters.